The van der Waals surface area contributed by atoms with Gasteiger partial charge in [0.1, 0.15) is 0 Å². The van der Waals surface area contributed by atoms with Gasteiger partial charge in [0, 0.05) is 42.5 Å². The molecule has 0 radical (unpaired) electrons. The summed E-state index contributed by atoms with van der Waals surface area (Å²) in [5, 5.41) is 7.13. The first-order chi connectivity index (χ1) is 9.02. The Bertz CT molecular complexity index is 431. The highest BCUT2D eigenvalue weighted by Crippen LogP contribution is 2.30. The molecule has 1 aromatic heterocycles. The van der Waals surface area contributed by atoms with E-state index in [1.54, 1.807) is 11.3 Å². The molecule has 2 heterocycles. The molecule has 1 saturated carbocycles. The van der Waals surface area contributed by atoms with Crippen molar-refractivity contribution in [1.29, 1.82) is 0 Å². The van der Waals surface area contributed by atoms with Crippen LogP contribution in [0.4, 0.5) is 0 Å². The summed E-state index contributed by atoms with van der Waals surface area (Å²) in [5.41, 5.74) is 1.39. The molecular weight excluding hydrogens is 254 g/mol. The Morgan fingerprint density at radius 3 is 2.79 bits per heavy atom. The summed E-state index contributed by atoms with van der Waals surface area (Å²) in [5.74, 6) is 0. The van der Waals surface area contributed by atoms with Gasteiger partial charge in [-0.3, -0.25) is 4.90 Å². The first-order valence-corrected chi connectivity index (χ1v) is 8.32. The second kappa shape index (κ2) is 5.15. The molecule has 1 unspecified atom stereocenters. The van der Waals surface area contributed by atoms with Gasteiger partial charge >= 0.3 is 0 Å². The van der Waals surface area contributed by atoms with E-state index >= 15 is 0 Å². The minimum atomic E-state index is 0.180. The lowest BCUT2D eigenvalue weighted by molar-refractivity contribution is 0.317. The molecule has 19 heavy (non-hydrogen) atoms. The summed E-state index contributed by atoms with van der Waals surface area (Å²) < 4.78 is 0. The third-order valence-electron chi connectivity index (χ3n) is 4.05. The Morgan fingerprint density at radius 2 is 2.16 bits per heavy atom. The van der Waals surface area contributed by atoms with E-state index in [0.717, 1.165) is 12.6 Å². The molecular formula is C15H25N3S. The summed E-state index contributed by atoms with van der Waals surface area (Å²) in [4.78, 5) is 7.40. The number of likely N-dealkylation sites (tertiary alicyclic amines) is 1. The first-order valence-electron chi connectivity index (χ1n) is 7.45. The predicted molar refractivity (Wildman–Crippen MR) is 80.7 cm³/mol. The average molecular weight is 279 g/mol. The minimum absolute atomic E-state index is 0.180. The predicted octanol–water partition coefficient (Wildman–Crippen LogP) is 2.77. The zero-order valence-corrected chi connectivity index (χ0v) is 13.1. The molecule has 1 saturated heterocycles. The minimum Gasteiger partial charge on any atom is -0.307 e. The molecule has 0 amide bonds. The van der Waals surface area contributed by atoms with Gasteiger partial charge in [-0.05, 0) is 19.3 Å². The van der Waals surface area contributed by atoms with Gasteiger partial charge in [0.2, 0.25) is 0 Å². The summed E-state index contributed by atoms with van der Waals surface area (Å²) in [6.07, 6.45) is 4.15. The number of rotatable bonds is 4. The molecule has 0 spiro atoms. The van der Waals surface area contributed by atoms with Crippen LogP contribution >= 0.6 is 11.3 Å². The van der Waals surface area contributed by atoms with Gasteiger partial charge in [-0.15, -0.1) is 11.3 Å². The molecule has 1 N–H and O–H groups in total. The third-order valence-corrected chi connectivity index (χ3v) is 5.36. The fourth-order valence-electron chi connectivity index (χ4n) is 2.71. The van der Waals surface area contributed by atoms with Crippen molar-refractivity contribution in [2.75, 3.05) is 13.1 Å². The van der Waals surface area contributed by atoms with E-state index in [1.165, 1.54) is 43.1 Å². The smallest absolute Gasteiger partial charge is 0.0982 e. The van der Waals surface area contributed by atoms with E-state index in [1.807, 2.05) is 0 Å². The van der Waals surface area contributed by atoms with Crippen LogP contribution in [0.1, 0.15) is 50.7 Å². The molecule has 1 aromatic rings. The van der Waals surface area contributed by atoms with Gasteiger partial charge in [0.15, 0.2) is 0 Å². The molecule has 1 atom stereocenters. The van der Waals surface area contributed by atoms with Gasteiger partial charge in [-0.2, -0.15) is 0 Å². The van der Waals surface area contributed by atoms with Crippen LogP contribution in [0.5, 0.6) is 0 Å². The molecule has 2 aliphatic rings. The zero-order chi connectivity index (χ0) is 13.5. The van der Waals surface area contributed by atoms with E-state index in [2.05, 4.69) is 36.4 Å². The quantitative estimate of drug-likeness (QED) is 0.918. The Balaban J connectivity index is 1.48. The van der Waals surface area contributed by atoms with Gasteiger partial charge < -0.3 is 5.32 Å². The average Bonchev–Trinajstić information content (AvgIpc) is 2.91. The van der Waals surface area contributed by atoms with Crippen LogP contribution in [-0.2, 0) is 12.0 Å². The molecule has 106 valence electrons. The van der Waals surface area contributed by atoms with E-state index in [9.17, 15) is 0 Å². The molecule has 3 rings (SSSR count). The van der Waals surface area contributed by atoms with Crippen LogP contribution in [0.15, 0.2) is 5.38 Å². The molecule has 1 aliphatic heterocycles. The van der Waals surface area contributed by atoms with Gasteiger partial charge in [-0.1, -0.05) is 20.8 Å². The number of thiazole rings is 1. The third kappa shape index (κ3) is 3.36. The van der Waals surface area contributed by atoms with Crippen molar-refractivity contribution < 1.29 is 0 Å². The van der Waals surface area contributed by atoms with Gasteiger partial charge in [0.05, 0.1) is 10.7 Å². The van der Waals surface area contributed by atoms with Crippen molar-refractivity contribution in [3.63, 3.8) is 0 Å². The molecule has 3 nitrogen and oxygen atoms in total. The fourth-order valence-corrected chi connectivity index (χ4v) is 3.61. The highest BCUT2D eigenvalue weighted by Gasteiger charge is 2.34. The van der Waals surface area contributed by atoms with Crippen LogP contribution in [0.2, 0.25) is 0 Å². The number of aromatic nitrogens is 1. The lowest BCUT2D eigenvalue weighted by Gasteiger charge is -2.15. The van der Waals surface area contributed by atoms with Crippen LogP contribution in [0.25, 0.3) is 0 Å². The van der Waals surface area contributed by atoms with E-state index in [-0.39, 0.29) is 5.41 Å². The second-order valence-electron chi connectivity index (χ2n) is 6.99. The second-order valence-corrected chi connectivity index (χ2v) is 7.84. The zero-order valence-electron chi connectivity index (χ0n) is 12.3. The van der Waals surface area contributed by atoms with Crippen molar-refractivity contribution >= 4 is 11.3 Å². The van der Waals surface area contributed by atoms with Crippen LogP contribution in [0.3, 0.4) is 0 Å². The monoisotopic (exact) mass is 279 g/mol. The number of nitrogens with zero attached hydrogens (tertiary/aromatic N) is 2. The maximum Gasteiger partial charge on any atom is 0.0982 e. The van der Waals surface area contributed by atoms with Crippen molar-refractivity contribution in [1.82, 2.24) is 15.2 Å². The van der Waals surface area contributed by atoms with Crippen LogP contribution in [-0.4, -0.2) is 35.1 Å². The molecule has 1 aliphatic carbocycles. The van der Waals surface area contributed by atoms with Gasteiger partial charge in [-0.25, -0.2) is 4.98 Å². The van der Waals surface area contributed by atoms with E-state index in [4.69, 9.17) is 4.98 Å². The van der Waals surface area contributed by atoms with Crippen molar-refractivity contribution in [3.05, 3.63) is 16.1 Å². The Kier molecular flexibility index (Phi) is 3.67. The fraction of sp³-hybridized carbons (Fsp3) is 0.800. The highest BCUT2D eigenvalue weighted by molar-refractivity contribution is 7.09. The van der Waals surface area contributed by atoms with Gasteiger partial charge in [0.25, 0.3) is 0 Å². The lowest BCUT2D eigenvalue weighted by Crippen LogP contribution is -2.33. The van der Waals surface area contributed by atoms with E-state index < -0.39 is 0 Å². The molecule has 0 bridgehead atoms. The standard InChI is InChI=1S/C15H25N3S/c1-15(2,3)14-17-12(10-19-14)8-16-11-6-7-18(9-11)13-4-5-13/h10-11,13,16H,4-9H2,1-3H3. The molecule has 0 aromatic carbocycles. The topological polar surface area (TPSA) is 28.2 Å². The van der Waals surface area contributed by atoms with Crippen LogP contribution < -0.4 is 5.32 Å². The number of nitrogens with one attached hydrogen (secondary N) is 1. The SMILES string of the molecule is CC(C)(C)c1nc(CNC2CCN(C3CC3)C2)cs1. The normalized spacial score (nSPS) is 25.1. The number of hydrogen-bond acceptors (Lipinski definition) is 4. The first kappa shape index (κ1) is 13.5. The Hall–Kier alpha value is -0.450. The Morgan fingerprint density at radius 1 is 1.37 bits per heavy atom. The number of hydrogen-bond donors (Lipinski definition) is 1. The Labute approximate surface area is 120 Å². The van der Waals surface area contributed by atoms with Crippen molar-refractivity contribution in [2.24, 2.45) is 0 Å². The maximum atomic E-state index is 4.75. The van der Waals surface area contributed by atoms with Crippen LogP contribution in [0, 0.1) is 0 Å². The van der Waals surface area contributed by atoms with Crippen molar-refractivity contribution in [2.45, 2.75) is 64.1 Å². The summed E-state index contributed by atoms with van der Waals surface area (Å²) >= 11 is 1.79. The highest BCUT2D eigenvalue weighted by atomic mass is 32.1. The summed E-state index contributed by atoms with van der Waals surface area (Å²) in [6, 6.07) is 1.58. The van der Waals surface area contributed by atoms with Crippen molar-refractivity contribution in [3.8, 4) is 0 Å². The lowest BCUT2D eigenvalue weighted by atomic mass is 9.98. The molecule has 4 heteroatoms. The maximum absolute atomic E-state index is 4.75. The largest absolute Gasteiger partial charge is 0.307 e. The van der Waals surface area contributed by atoms with E-state index in [0.29, 0.717) is 6.04 Å². The summed E-state index contributed by atoms with van der Waals surface area (Å²) in [7, 11) is 0. The summed E-state index contributed by atoms with van der Waals surface area (Å²) in [6.45, 7) is 10.1. The molecule has 2 fully saturated rings.